The third-order valence-corrected chi connectivity index (χ3v) is 4.23. The van der Waals surface area contributed by atoms with Gasteiger partial charge >= 0.3 is 5.97 Å². The van der Waals surface area contributed by atoms with Gasteiger partial charge in [0.15, 0.2) is 0 Å². The molecule has 1 fully saturated rings. The summed E-state index contributed by atoms with van der Waals surface area (Å²) in [5.41, 5.74) is 0.893. The number of carbonyl (C=O) groups excluding carboxylic acids is 2. The smallest absolute Gasteiger partial charge is 0.310 e. The quantitative estimate of drug-likeness (QED) is 0.603. The highest BCUT2D eigenvalue weighted by Gasteiger charge is 2.49. The number of allylic oxidation sites excluding steroid dienone is 2. The van der Waals surface area contributed by atoms with E-state index in [1.165, 1.54) is 0 Å². The van der Waals surface area contributed by atoms with Crippen LogP contribution in [0, 0.1) is 23.7 Å². The van der Waals surface area contributed by atoms with Crippen molar-refractivity contribution in [3.63, 3.8) is 0 Å². The van der Waals surface area contributed by atoms with Crippen LogP contribution in [0.3, 0.4) is 0 Å². The minimum atomic E-state index is -1.15. The van der Waals surface area contributed by atoms with Crippen LogP contribution in [0.1, 0.15) is 12.0 Å². The van der Waals surface area contributed by atoms with Crippen LogP contribution in [0.4, 0.5) is 0 Å². The van der Waals surface area contributed by atoms with Crippen molar-refractivity contribution < 1.29 is 19.4 Å². The number of carboxylic acids is 1. The molecule has 0 aromatic heterocycles. The Morgan fingerprint density at radius 1 is 1.10 bits per heavy atom. The highest BCUT2D eigenvalue weighted by molar-refractivity contribution is 5.82. The van der Waals surface area contributed by atoms with E-state index in [0.717, 1.165) is 5.56 Å². The summed E-state index contributed by atoms with van der Waals surface area (Å²) in [6.07, 6.45) is 4.52. The van der Waals surface area contributed by atoms with Gasteiger partial charge in [-0.25, -0.2) is 0 Å². The normalized spacial score (nSPS) is 30.4. The highest BCUT2D eigenvalue weighted by Crippen LogP contribution is 2.48. The van der Waals surface area contributed by atoms with E-state index in [-0.39, 0.29) is 18.4 Å². The lowest BCUT2D eigenvalue weighted by atomic mass is 9.83. The maximum Gasteiger partial charge on any atom is 0.310 e. The minimum absolute atomic E-state index is 0.0221. The first kappa shape index (κ1) is 12.9. The fraction of sp³-hybridized carbons (Fsp3) is 0.375. The Bertz CT molecular complexity index is 549. The number of fused-ring (bicyclic) bond motifs is 2. The molecule has 0 unspecified atom stereocenters. The van der Waals surface area contributed by atoms with E-state index < -0.39 is 23.8 Å². The number of esters is 1. The maximum atomic E-state index is 12.2. The summed E-state index contributed by atoms with van der Waals surface area (Å²) in [4.78, 5) is 23.4. The summed E-state index contributed by atoms with van der Waals surface area (Å²) in [6, 6.07) is 9.35. The van der Waals surface area contributed by atoms with Crippen molar-refractivity contribution in [3.8, 4) is 0 Å². The lowest BCUT2D eigenvalue weighted by Gasteiger charge is -2.27. The molecule has 1 saturated carbocycles. The molecule has 2 aliphatic carbocycles. The third-order valence-electron chi connectivity index (χ3n) is 4.23. The Kier molecular flexibility index (Phi) is 3.30. The molecule has 4 nitrogen and oxygen atoms in total. The number of hydrogen-bond donors (Lipinski definition) is 0. The molecule has 2 aliphatic rings. The van der Waals surface area contributed by atoms with Gasteiger partial charge in [-0.05, 0) is 23.8 Å². The van der Waals surface area contributed by atoms with Crippen molar-refractivity contribution in [1.82, 2.24) is 0 Å². The molecule has 4 heteroatoms. The van der Waals surface area contributed by atoms with Crippen molar-refractivity contribution in [2.75, 3.05) is 0 Å². The van der Waals surface area contributed by atoms with E-state index >= 15 is 0 Å². The van der Waals surface area contributed by atoms with Gasteiger partial charge in [0.2, 0.25) is 0 Å². The average molecular weight is 271 g/mol. The number of rotatable bonds is 4. The molecule has 0 N–H and O–H groups in total. The molecule has 20 heavy (non-hydrogen) atoms. The molecule has 0 spiro atoms. The monoisotopic (exact) mass is 271 g/mol. The van der Waals surface area contributed by atoms with Gasteiger partial charge in [-0.3, -0.25) is 4.79 Å². The second-order valence-corrected chi connectivity index (χ2v) is 5.41. The SMILES string of the molecule is O=C([O-])[C@H]1[C@H](C(=O)OCc2ccccc2)[C@H]2C=C[C@@H]1C2. The number of carbonyl (C=O) groups is 2. The van der Waals surface area contributed by atoms with Gasteiger partial charge in [0.1, 0.15) is 6.61 Å². The van der Waals surface area contributed by atoms with Crippen LogP contribution in [0.25, 0.3) is 0 Å². The van der Waals surface area contributed by atoms with E-state index in [1.54, 1.807) is 0 Å². The zero-order valence-electron chi connectivity index (χ0n) is 10.9. The molecule has 0 saturated heterocycles. The summed E-state index contributed by atoms with van der Waals surface area (Å²) in [5, 5.41) is 11.2. The van der Waals surface area contributed by atoms with Gasteiger partial charge in [-0.1, -0.05) is 42.5 Å². The first-order valence-electron chi connectivity index (χ1n) is 6.76. The standard InChI is InChI=1S/C16H16O4/c17-15(18)13-11-6-7-12(8-11)14(13)16(19)20-9-10-4-2-1-3-5-10/h1-7,11-14H,8-9H2,(H,17,18)/p-1/t11-,12+,13-,14-/m1/s1. The second kappa shape index (κ2) is 5.12. The van der Waals surface area contributed by atoms with E-state index in [2.05, 4.69) is 0 Å². The maximum absolute atomic E-state index is 12.2. The number of ether oxygens (including phenoxy) is 1. The molecule has 1 aromatic carbocycles. The summed E-state index contributed by atoms with van der Waals surface area (Å²) >= 11 is 0. The fourth-order valence-corrected chi connectivity index (χ4v) is 3.29. The predicted molar refractivity (Wildman–Crippen MR) is 69.0 cm³/mol. The Balaban J connectivity index is 1.68. The zero-order chi connectivity index (χ0) is 14.1. The van der Waals surface area contributed by atoms with Gasteiger partial charge in [0.25, 0.3) is 0 Å². The number of aliphatic carboxylic acids is 1. The Morgan fingerprint density at radius 2 is 1.75 bits per heavy atom. The molecular formula is C16H15O4-. The minimum Gasteiger partial charge on any atom is -0.550 e. The van der Waals surface area contributed by atoms with Crippen molar-refractivity contribution >= 4 is 11.9 Å². The molecule has 0 radical (unpaired) electrons. The molecule has 0 heterocycles. The van der Waals surface area contributed by atoms with Crippen LogP contribution >= 0.6 is 0 Å². The van der Waals surface area contributed by atoms with E-state index in [9.17, 15) is 14.7 Å². The first-order chi connectivity index (χ1) is 9.66. The van der Waals surface area contributed by atoms with Gasteiger partial charge in [0.05, 0.1) is 5.92 Å². The van der Waals surface area contributed by atoms with Crippen LogP contribution in [0.15, 0.2) is 42.5 Å². The predicted octanol–water partition coefficient (Wildman–Crippen LogP) is 0.918. The summed E-state index contributed by atoms with van der Waals surface area (Å²) in [6.45, 7) is 0.178. The van der Waals surface area contributed by atoms with Crippen molar-refractivity contribution in [1.29, 1.82) is 0 Å². The van der Waals surface area contributed by atoms with Crippen molar-refractivity contribution in [2.24, 2.45) is 23.7 Å². The van der Waals surface area contributed by atoms with Crippen molar-refractivity contribution in [3.05, 3.63) is 48.0 Å². The van der Waals surface area contributed by atoms with Gasteiger partial charge in [-0.2, -0.15) is 0 Å². The van der Waals surface area contributed by atoms with Crippen LogP contribution in [0.5, 0.6) is 0 Å². The summed E-state index contributed by atoms with van der Waals surface area (Å²) in [5.74, 6) is -3.03. The van der Waals surface area contributed by atoms with Gasteiger partial charge in [0, 0.05) is 11.9 Å². The van der Waals surface area contributed by atoms with E-state index in [1.807, 2.05) is 42.5 Å². The lowest BCUT2D eigenvalue weighted by Crippen LogP contribution is -2.41. The molecule has 1 aromatic rings. The first-order valence-corrected chi connectivity index (χ1v) is 6.76. The van der Waals surface area contributed by atoms with Crippen LogP contribution in [-0.4, -0.2) is 11.9 Å². The average Bonchev–Trinajstić information content (AvgIpc) is 3.06. The van der Waals surface area contributed by atoms with Gasteiger partial charge in [-0.15, -0.1) is 0 Å². The Morgan fingerprint density at radius 3 is 2.40 bits per heavy atom. The highest BCUT2D eigenvalue weighted by atomic mass is 16.5. The van der Waals surface area contributed by atoms with Crippen LogP contribution in [0.2, 0.25) is 0 Å². The largest absolute Gasteiger partial charge is 0.550 e. The Labute approximate surface area is 117 Å². The molecule has 2 bridgehead atoms. The van der Waals surface area contributed by atoms with Gasteiger partial charge < -0.3 is 14.6 Å². The van der Waals surface area contributed by atoms with E-state index in [0.29, 0.717) is 6.42 Å². The number of carboxylic acid groups (broad SMARTS) is 1. The third kappa shape index (κ3) is 2.22. The number of benzene rings is 1. The molecule has 3 rings (SSSR count). The molecule has 4 atom stereocenters. The summed E-state index contributed by atoms with van der Waals surface area (Å²) < 4.78 is 5.28. The van der Waals surface area contributed by atoms with E-state index in [4.69, 9.17) is 4.74 Å². The van der Waals surface area contributed by atoms with Crippen LogP contribution in [-0.2, 0) is 20.9 Å². The summed E-state index contributed by atoms with van der Waals surface area (Å²) in [7, 11) is 0. The molecular weight excluding hydrogens is 256 g/mol. The molecule has 0 amide bonds. The molecule has 104 valence electrons. The lowest BCUT2D eigenvalue weighted by molar-refractivity contribution is -0.314. The zero-order valence-corrected chi connectivity index (χ0v) is 10.9. The Hall–Kier alpha value is -2.10. The number of hydrogen-bond acceptors (Lipinski definition) is 4. The fourth-order valence-electron chi connectivity index (χ4n) is 3.29. The van der Waals surface area contributed by atoms with Crippen molar-refractivity contribution in [2.45, 2.75) is 13.0 Å². The topological polar surface area (TPSA) is 66.4 Å². The molecule has 0 aliphatic heterocycles. The second-order valence-electron chi connectivity index (χ2n) is 5.41. The van der Waals surface area contributed by atoms with Crippen LogP contribution < -0.4 is 5.11 Å².